The first-order valence-electron chi connectivity index (χ1n) is 14.3. The lowest BCUT2D eigenvalue weighted by atomic mass is 9.39. The molecule has 3 fully saturated rings. The van der Waals surface area contributed by atoms with E-state index < -0.39 is 21.2 Å². The Hall–Kier alpha value is -1.19. The van der Waals surface area contributed by atoms with Crippen LogP contribution in [-0.4, -0.2) is 53.1 Å². The van der Waals surface area contributed by atoms with Gasteiger partial charge in [0.1, 0.15) is 6.26 Å². The van der Waals surface area contributed by atoms with Gasteiger partial charge in [0.2, 0.25) is 5.91 Å². The zero-order valence-corrected chi connectivity index (χ0v) is 25.5. The van der Waals surface area contributed by atoms with Crippen LogP contribution in [0.2, 0.25) is 0 Å². The third kappa shape index (κ3) is 5.95. The lowest BCUT2D eigenvalue weighted by Gasteiger charge is -2.66. The molecule has 3 saturated carbocycles. The number of amides is 1. The molecule has 9 heteroatoms. The fourth-order valence-electron chi connectivity index (χ4n) is 9.20. The van der Waals surface area contributed by atoms with Crippen molar-refractivity contribution in [3.63, 3.8) is 0 Å². The largest absolute Gasteiger partial charge is 0.445 e. The van der Waals surface area contributed by atoms with E-state index in [9.17, 15) is 22.0 Å². The van der Waals surface area contributed by atoms with Crippen LogP contribution in [0.1, 0.15) is 91.9 Å². The van der Waals surface area contributed by atoms with Crippen LogP contribution in [0, 0.1) is 34.0 Å². The van der Waals surface area contributed by atoms with E-state index in [0.717, 1.165) is 49.7 Å². The normalized spacial score (nSPS) is 36.9. The van der Waals surface area contributed by atoms with Crippen LogP contribution in [0.25, 0.3) is 0 Å². The molecular formula is C29H47NO6S2. The Bertz CT molecular complexity index is 1110. The maximum atomic E-state index is 13.1. The average Bonchev–Trinajstić information content (AvgIpc) is 3.14. The van der Waals surface area contributed by atoms with Crippen molar-refractivity contribution in [2.45, 2.75) is 91.9 Å². The Morgan fingerprint density at radius 1 is 1.13 bits per heavy atom. The molecule has 1 N–H and O–H groups in total. The van der Waals surface area contributed by atoms with Gasteiger partial charge in [-0.15, -0.1) is 0 Å². The fourth-order valence-corrected chi connectivity index (χ4v) is 9.99. The van der Waals surface area contributed by atoms with Crippen molar-refractivity contribution < 1.29 is 26.2 Å². The summed E-state index contributed by atoms with van der Waals surface area (Å²) in [4.78, 5) is 14.9. The highest BCUT2D eigenvalue weighted by Crippen LogP contribution is 2.69. The highest BCUT2D eigenvalue weighted by atomic mass is 32.3. The maximum absolute atomic E-state index is 13.1. The predicted molar refractivity (Wildman–Crippen MR) is 151 cm³/mol. The summed E-state index contributed by atoms with van der Waals surface area (Å²) in [5.41, 5.74) is 2.29. The minimum Gasteiger partial charge on any atom is -0.370 e. The van der Waals surface area contributed by atoms with Crippen LogP contribution in [-0.2, 0) is 30.2 Å². The molecule has 0 radical (unpaired) electrons. The van der Waals surface area contributed by atoms with E-state index in [1.807, 2.05) is 11.0 Å². The van der Waals surface area contributed by atoms with Gasteiger partial charge in [-0.25, -0.2) is 0 Å². The van der Waals surface area contributed by atoms with Gasteiger partial charge in [-0.3, -0.25) is 13.6 Å². The van der Waals surface area contributed by atoms with Crippen molar-refractivity contribution in [2.75, 3.05) is 25.1 Å². The van der Waals surface area contributed by atoms with Crippen molar-refractivity contribution in [1.82, 2.24) is 4.90 Å². The van der Waals surface area contributed by atoms with Crippen molar-refractivity contribution in [3.8, 4) is 0 Å². The Morgan fingerprint density at radius 3 is 2.55 bits per heavy atom. The highest BCUT2D eigenvalue weighted by molar-refractivity contribution is 7.84. The summed E-state index contributed by atoms with van der Waals surface area (Å²) in [5.74, 6) is 1.93. The molecule has 3 aliphatic carbocycles. The van der Waals surface area contributed by atoms with E-state index in [-0.39, 0.29) is 22.7 Å². The molecule has 4 rings (SSSR count). The van der Waals surface area contributed by atoms with Crippen LogP contribution < -0.4 is 0 Å². The van der Waals surface area contributed by atoms with Gasteiger partial charge in [-0.05, 0) is 97.4 Å². The Morgan fingerprint density at radius 2 is 1.87 bits per heavy atom. The molecule has 4 aliphatic rings. The van der Waals surface area contributed by atoms with Crippen molar-refractivity contribution in [2.24, 2.45) is 34.0 Å². The zero-order chi connectivity index (χ0) is 27.9. The molecule has 0 saturated heterocycles. The van der Waals surface area contributed by atoms with Crippen LogP contribution >= 0.6 is 0 Å². The summed E-state index contributed by atoms with van der Waals surface area (Å²) in [7, 11) is -5.43. The van der Waals surface area contributed by atoms with Crippen molar-refractivity contribution in [3.05, 3.63) is 23.5 Å². The Balaban J connectivity index is 1.55. The molecule has 0 aromatic rings. The summed E-state index contributed by atoms with van der Waals surface area (Å²) < 4.78 is 48.4. The quantitative estimate of drug-likeness (QED) is 0.284. The molecule has 0 aromatic heterocycles. The second kappa shape index (κ2) is 11.0. The topological polar surface area (TPSA) is 101 Å². The Labute approximate surface area is 232 Å². The number of rotatable bonds is 9. The number of hydrogen-bond acceptors (Lipinski definition) is 5. The van der Waals surface area contributed by atoms with Gasteiger partial charge in [0.15, 0.2) is 0 Å². The van der Waals surface area contributed by atoms with Crippen molar-refractivity contribution in [1.29, 1.82) is 0 Å². The van der Waals surface area contributed by atoms with Gasteiger partial charge in [0.05, 0.1) is 0 Å². The van der Waals surface area contributed by atoms with Crippen LogP contribution in [0.15, 0.2) is 23.5 Å². The number of carbonyl (C=O) groups is 1. The van der Waals surface area contributed by atoms with Gasteiger partial charge in [0.25, 0.3) is 0 Å². The molecule has 216 valence electrons. The molecule has 1 amide bonds. The maximum Gasteiger partial charge on any atom is 0.445 e. The first-order valence-corrected chi connectivity index (χ1v) is 17.4. The summed E-state index contributed by atoms with van der Waals surface area (Å²) in [5, 5.41) is 0. The second-order valence-corrected chi connectivity index (χ2v) is 16.1. The predicted octanol–water partition coefficient (Wildman–Crippen LogP) is 5.67. The van der Waals surface area contributed by atoms with Gasteiger partial charge in [0, 0.05) is 41.5 Å². The van der Waals surface area contributed by atoms with Crippen LogP contribution in [0.3, 0.4) is 0 Å². The molecule has 0 spiro atoms. The van der Waals surface area contributed by atoms with E-state index in [2.05, 4.69) is 27.7 Å². The molecule has 1 heterocycles. The summed E-state index contributed by atoms with van der Waals surface area (Å²) in [6.45, 7) is 11.0. The molecule has 1 aliphatic heterocycles. The second-order valence-electron chi connectivity index (χ2n) is 13.5. The van der Waals surface area contributed by atoms with E-state index >= 15 is 0 Å². The van der Waals surface area contributed by atoms with E-state index in [0.29, 0.717) is 42.5 Å². The van der Waals surface area contributed by atoms with Gasteiger partial charge in [-0.2, -0.15) is 8.42 Å². The minimum atomic E-state index is -4.57. The molecule has 7 nitrogen and oxygen atoms in total. The van der Waals surface area contributed by atoms with E-state index in [1.54, 1.807) is 6.26 Å². The van der Waals surface area contributed by atoms with E-state index in [1.165, 1.54) is 25.5 Å². The van der Waals surface area contributed by atoms with Crippen LogP contribution in [0.5, 0.6) is 0 Å². The third-order valence-electron chi connectivity index (χ3n) is 10.8. The lowest BCUT2D eigenvalue weighted by molar-refractivity contribution is -0.154. The fraction of sp³-hybridized carbons (Fsp3) is 0.828. The molecule has 6 unspecified atom stereocenters. The molecule has 6 atom stereocenters. The summed E-state index contributed by atoms with van der Waals surface area (Å²) in [6.07, 6.45) is 14.8. The van der Waals surface area contributed by atoms with Gasteiger partial charge in [-0.1, -0.05) is 40.2 Å². The number of fused-ring (bicyclic) bond motifs is 3. The zero-order valence-electron chi connectivity index (χ0n) is 23.8. The SMILES string of the molecule is CS(=O)CCCN1CC=C(CCC2C(=COS(=O)(=O)O)CCC3C2(C)CCC2C(C)(C)CCCC23C)C1=O. The molecular weight excluding hydrogens is 522 g/mol. The third-order valence-corrected chi connectivity index (χ3v) is 12.0. The minimum absolute atomic E-state index is 0.0293. The van der Waals surface area contributed by atoms with Crippen molar-refractivity contribution >= 4 is 27.1 Å². The number of hydrogen-bond donors (Lipinski definition) is 1. The number of carbonyl (C=O) groups excluding carboxylic acids is 1. The van der Waals surface area contributed by atoms with Crippen LogP contribution in [0.4, 0.5) is 0 Å². The molecule has 38 heavy (non-hydrogen) atoms. The Kier molecular flexibility index (Phi) is 8.62. The summed E-state index contributed by atoms with van der Waals surface area (Å²) in [6, 6.07) is 0. The highest BCUT2D eigenvalue weighted by Gasteiger charge is 2.61. The monoisotopic (exact) mass is 569 g/mol. The smallest absolute Gasteiger partial charge is 0.370 e. The average molecular weight is 570 g/mol. The van der Waals surface area contributed by atoms with Gasteiger partial charge >= 0.3 is 10.4 Å². The lowest BCUT2D eigenvalue weighted by Crippen LogP contribution is -2.58. The first kappa shape index (κ1) is 29.8. The first-order chi connectivity index (χ1) is 17.7. The van der Waals surface area contributed by atoms with Gasteiger partial charge < -0.3 is 9.08 Å². The number of allylic oxidation sites excluding steroid dienone is 1. The molecule has 0 aromatic carbocycles. The summed E-state index contributed by atoms with van der Waals surface area (Å²) >= 11 is 0. The molecule has 0 bridgehead atoms. The van der Waals surface area contributed by atoms with E-state index in [4.69, 9.17) is 4.18 Å². The standard InChI is InChI=1S/C29H47NO6S2/c1-27(2)14-6-15-29(4)24(27)12-16-28(3)23(22(9-11-25(28)29)20-36-38(33,34)35)10-8-21-13-18-30(26(21)31)17-7-19-37(5)32/h13,20,23-25H,6-12,14-19H2,1-5H3,(H,33,34,35). The number of nitrogens with zero attached hydrogens (tertiary/aromatic N) is 1.